The SMILES string of the molecule is Cc1ccc2nc(N3CCS(=O)(=NC4CC4)c4ccccc4C3)nc(N[C@H]3CNC[C@@H]3F)c2c1. The lowest BCUT2D eigenvalue weighted by Gasteiger charge is -2.23. The maximum atomic E-state index is 14.4. The Bertz CT molecular complexity index is 1370. The van der Waals surface area contributed by atoms with Gasteiger partial charge in [-0.3, -0.25) is 0 Å². The smallest absolute Gasteiger partial charge is 0.228 e. The van der Waals surface area contributed by atoms with Crippen LogP contribution < -0.4 is 15.5 Å². The third kappa shape index (κ3) is 4.11. The van der Waals surface area contributed by atoms with Crippen LogP contribution in [0.5, 0.6) is 0 Å². The Balaban J connectivity index is 1.41. The first-order valence-corrected chi connectivity index (χ1v) is 13.6. The molecule has 0 radical (unpaired) electrons. The molecule has 7 nitrogen and oxygen atoms in total. The molecule has 3 atom stereocenters. The number of anilines is 2. The maximum absolute atomic E-state index is 14.4. The highest BCUT2D eigenvalue weighted by molar-refractivity contribution is 7.93. The highest BCUT2D eigenvalue weighted by atomic mass is 32.2. The van der Waals surface area contributed by atoms with Gasteiger partial charge in [-0.15, -0.1) is 0 Å². The molecule has 0 bridgehead atoms. The van der Waals surface area contributed by atoms with Gasteiger partial charge < -0.3 is 15.5 Å². The van der Waals surface area contributed by atoms with E-state index in [0.717, 1.165) is 39.8 Å². The molecule has 178 valence electrons. The zero-order chi connectivity index (χ0) is 23.3. The van der Waals surface area contributed by atoms with Gasteiger partial charge in [0.2, 0.25) is 5.95 Å². The first kappa shape index (κ1) is 21.7. The van der Waals surface area contributed by atoms with Crippen LogP contribution >= 0.6 is 0 Å². The summed E-state index contributed by atoms with van der Waals surface area (Å²) in [7, 11) is -2.49. The first-order valence-electron chi connectivity index (χ1n) is 11.9. The Morgan fingerprint density at radius 1 is 1.18 bits per heavy atom. The van der Waals surface area contributed by atoms with Crippen molar-refractivity contribution >= 4 is 32.4 Å². The fourth-order valence-electron chi connectivity index (χ4n) is 4.72. The predicted octanol–water partition coefficient (Wildman–Crippen LogP) is 3.67. The van der Waals surface area contributed by atoms with E-state index < -0.39 is 15.9 Å². The van der Waals surface area contributed by atoms with Gasteiger partial charge in [0.05, 0.1) is 38.0 Å². The van der Waals surface area contributed by atoms with E-state index in [-0.39, 0.29) is 12.1 Å². The Labute approximate surface area is 199 Å². The molecule has 1 saturated heterocycles. The van der Waals surface area contributed by atoms with Crippen LogP contribution in [0, 0.1) is 6.92 Å². The van der Waals surface area contributed by atoms with E-state index in [0.29, 0.717) is 43.7 Å². The van der Waals surface area contributed by atoms with Crippen LogP contribution in [0.25, 0.3) is 10.9 Å². The molecule has 2 aliphatic heterocycles. The number of aryl methyl sites for hydroxylation is 1. The number of hydrogen-bond acceptors (Lipinski definition) is 7. The third-order valence-corrected chi connectivity index (χ3v) is 9.23. The van der Waals surface area contributed by atoms with Gasteiger partial charge in [0.15, 0.2) is 0 Å². The zero-order valence-electron chi connectivity index (χ0n) is 19.2. The summed E-state index contributed by atoms with van der Waals surface area (Å²) in [4.78, 5) is 12.7. The van der Waals surface area contributed by atoms with Crippen molar-refractivity contribution < 1.29 is 8.60 Å². The molecular weight excluding hydrogens is 451 g/mol. The molecule has 1 saturated carbocycles. The summed E-state index contributed by atoms with van der Waals surface area (Å²) < 4.78 is 33.1. The lowest BCUT2D eigenvalue weighted by Crippen LogP contribution is -2.31. The topological polar surface area (TPSA) is 82.5 Å². The molecule has 1 aliphatic carbocycles. The Morgan fingerprint density at radius 3 is 2.82 bits per heavy atom. The highest BCUT2D eigenvalue weighted by Gasteiger charge is 2.31. The van der Waals surface area contributed by atoms with E-state index >= 15 is 0 Å². The average molecular weight is 481 g/mol. The van der Waals surface area contributed by atoms with Crippen LogP contribution in [0.4, 0.5) is 16.2 Å². The number of aromatic nitrogens is 2. The summed E-state index contributed by atoms with van der Waals surface area (Å²) in [6.45, 7) is 4.01. The molecule has 2 fully saturated rings. The highest BCUT2D eigenvalue weighted by Crippen LogP contribution is 2.33. The lowest BCUT2D eigenvalue weighted by molar-refractivity contribution is 0.342. The Hall–Kier alpha value is -2.78. The number of nitrogens with zero attached hydrogens (tertiary/aromatic N) is 4. The summed E-state index contributed by atoms with van der Waals surface area (Å²) in [5.41, 5.74) is 2.90. The molecule has 1 unspecified atom stereocenters. The van der Waals surface area contributed by atoms with Crippen molar-refractivity contribution in [3.63, 3.8) is 0 Å². The van der Waals surface area contributed by atoms with Gasteiger partial charge in [-0.05, 0) is 43.5 Å². The number of rotatable bonds is 4. The van der Waals surface area contributed by atoms with E-state index in [2.05, 4.69) is 15.5 Å². The van der Waals surface area contributed by atoms with E-state index in [9.17, 15) is 8.60 Å². The van der Waals surface area contributed by atoms with E-state index in [1.54, 1.807) is 0 Å². The minimum absolute atomic E-state index is 0.219. The second kappa shape index (κ2) is 8.46. The quantitative estimate of drug-likeness (QED) is 0.593. The van der Waals surface area contributed by atoms with Gasteiger partial charge >= 0.3 is 0 Å². The van der Waals surface area contributed by atoms with Gasteiger partial charge in [-0.1, -0.05) is 29.8 Å². The summed E-state index contributed by atoms with van der Waals surface area (Å²) in [6, 6.07) is 13.8. The molecule has 3 heterocycles. The lowest BCUT2D eigenvalue weighted by atomic mass is 10.1. The molecule has 3 aliphatic rings. The standard InChI is InChI=1S/C25H29FN6OS/c1-16-6-9-21-19(12-16)24(28-22-14-27-13-20(22)26)30-25(29-21)32-10-11-34(33,31-18-7-8-18)23-5-3-2-4-17(23)15-32/h2-6,9,12,18,20,22,27H,7-8,10-11,13-15H2,1H3,(H,28,29,30)/t20-,22-,34?/m0/s1. The van der Waals surface area contributed by atoms with Crippen molar-refractivity contribution in [1.82, 2.24) is 15.3 Å². The fourth-order valence-corrected chi connectivity index (χ4v) is 7.15. The van der Waals surface area contributed by atoms with Gasteiger partial charge in [0.25, 0.3) is 0 Å². The molecule has 3 aromatic rings. The normalized spacial score (nSPS) is 26.8. The van der Waals surface area contributed by atoms with Gasteiger partial charge in [0.1, 0.15) is 12.0 Å². The third-order valence-electron chi connectivity index (χ3n) is 6.77. The fraction of sp³-hybridized carbons (Fsp3) is 0.440. The second-order valence-electron chi connectivity index (χ2n) is 9.53. The van der Waals surface area contributed by atoms with Gasteiger partial charge in [-0.2, -0.15) is 4.98 Å². The zero-order valence-corrected chi connectivity index (χ0v) is 20.0. The van der Waals surface area contributed by atoms with Crippen LogP contribution in [-0.4, -0.2) is 57.8 Å². The van der Waals surface area contributed by atoms with E-state index in [1.807, 2.05) is 49.4 Å². The second-order valence-corrected chi connectivity index (χ2v) is 11.9. The largest absolute Gasteiger partial charge is 0.362 e. The van der Waals surface area contributed by atoms with E-state index in [1.165, 1.54) is 0 Å². The molecule has 2 N–H and O–H groups in total. The van der Waals surface area contributed by atoms with Crippen molar-refractivity contribution in [1.29, 1.82) is 0 Å². The average Bonchev–Trinajstić information content (AvgIpc) is 3.58. The Morgan fingerprint density at radius 2 is 2.03 bits per heavy atom. The summed E-state index contributed by atoms with van der Waals surface area (Å²) in [5.74, 6) is 1.64. The van der Waals surface area contributed by atoms with Crippen molar-refractivity contribution in [2.45, 2.75) is 49.5 Å². The van der Waals surface area contributed by atoms with E-state index in [4.69, 9.17) is 14.3 Å². The number of fused-ring (bicyclic) bond motifs is 2. The number of hydrogen-bond donors (Lipinski definition) is 2. The summed E-state index contributed by atoms with van der Waals surface area (Å²) in [5, 5.41) is 7.31. The number of halogens is 1. The Kier molecular flexibility index (Phi) is 5.41. The molecule has 34 heavy (non-hydrogen) atoms. The number of benzene rings is 2. The van der Waals surface area contributed by atoms with Crippen LogP contribution in [-0.2, 0) is 16.3 Å². The van der Waals surface area contributed by atoms with Crippen LogP contribution in [0.2, 0.25) is 0 Å². The summed E-state index contributed by atoms with van der Waals surface area (Å²) >= 11 is 0. The minimum atomic E-state index is -2.49. The van der Waals surface area contributed by atoms with Gasteiger partial charge in [0, 0.05) is 31.6 Å². The minimum Gasteiger partial charge on any atom is -0.362 e. The van der Waals surface area contributed by atoms with Crippen LogP contribution in [0.3, 0.4) is 0 Å². The number of alkyl halides is 1. The maximum Gasteiger partial charge on any atom is 0.228 e. The predicted molar refractivity (Wildman–Crippen MR) is 134 cm³/mol. The molecule has 0 amide bonds. The van der Waals surface area contributed by atoms with Crippen LogP contribution in [0.1, 0.15) is 24.0 Å². The molecule has 1 aromatic heterocycles. The van der Waals surface area contributed by atoms with Crippen molar-refractivity contribution in [3.05, 3.63) is 53.6 Å². The van der Waals surface area contributed by atoms with Gasteiger partial charge in [-0.25, -0.2) is 17.9 Å². The van der Waals surface area contributed by atoms with Crippen LogP contribution in [0.15, 0.2) is 51.7 Å². The number of nitrogens with one attached hydrogen (secondary N) is 2. The molecular formula is C25H29FN6OS. The van der Waals surface area contributed by atoms with Crippen molar-refractivity contribution in [3.8, 4) is 0 Å². The van der Waals surface area contributed by atoms with Crippen molar-refractivity contribution in [2.24, 2.45) is 4.36 Å². The molecule has 2 aromatic carbocycles. The molecule has 6 rings (SSSR count). The summed E-state index contributed by atoms with van der Waals surface area (Å²) in [6.07, 6.45) is 1.07. The molecule has 9 heteroatoms. The van der Waals surface area contributed by atoms with Crippen molar-refractivity contribution in [2.75, 3.05) is 35.6 Å². The molecule has 0 spiro atoms. The first-order chi connectivity index (χ1) is 16.5. The monoisotopic (exact) mass is 480 g/mol.